The lowest BCUT2D eigenvalue weighted by Gasteiger charge is -2.32. The summed E-state index contributed by atoms with van der Waals surface area (Å²) in [5.41, 5.74) is 7.23. The Hall–Kier alpha value is -2.28. The Bertz CT molecular complexity index is 506. The van der Waals surface area contributed by atoms with Crippen molar-refractivity contribution in [2.75, 3.05) is 18.1 Å². The molecule has 1 aliphatic heterocycles. The summed E-state index contributed by atoms with van der Waals surface area (Å²) < 4.78 is 0. The minimum atomic E-state index is -1.25. The highest BCUT2D eigenvalue weighted by Crippen LogP contribution is 2.28. The van der Waals surface area contributed by atoms with Gasteiger partial charge in [-0.15, -0.1) is 0 Å². The van der Waals surface area contributed by atoms with Crippen LogP contribution in [0.25, 0.3) is 0 Å². The van der Waals surface area contributed by atoms with E-state index >= 15 is 0 Å². The quantitative estimate of drug-likeness (QED) is 0.725. The lowest BCUT2D eigenvalue weighted by atomic mass is 10.2. The molecule has 1 aliphatic rings. The molecule has 1 amide bonds. The number of hydrazine groups is 1. The minimum absolute atomic E-state index is 0.279. The third kappa shape index (κ3) is 2.60. The lowest BCUT2D eigenvalue weighted by Crippen LogP contribution is -2.52. The fraction of sp³-hybridized carbons (Fsp3) is 0.333. The first-order valence-electron chi connectivity index (χ1n) is 5.85. The van der Waals surface area contributed by atoms with Crippen molar-refractivity contribution < 1.29 is 19.8 Å². The van der Waals surface area contributed by atoms with Crippen molar-refractivity contribution in [3.05, 3.63) is 29.8 Å². The van der Waals surface area contributed by atoms with Crippen LogP contribution in [0.4, 0.5) is 10.5 Å². The van der Waals surface area contributed by atoms with Gasteiger partial charge in [-0.3, -0.25) is 9.80 Å². The molecule has 1 aromatic carbocycles. The number of aliphatic carboxylic acids is 1. The van der Waals surface area contributed by atoms with E-state index in [1.807, 2.05) is 24.3 Å². The number of carbonyl (C=O) groups is 2. The third-order valence-corrected chi connectivity index (χ3v) is 3.06. The van der Waals surface area contributed by atoms with Gasteiger partial charge >= 0.3 is 12.1 Å². The summed E-state index contributed by atoms with van der Waals surface area (Å²) in [6.07, 6.45) is -0.490. The number of hydrogen-bond acceptors (Lipinski definition) is 4. The average Bonchev–Trinajstić information content (AvgIpc) is 2.78. The van der Waals surface area contributed by atoms with E-state index in [-0.39, 0.29) is 6.54 Å². The Morgan fingerprint density at radius 1 is 1.37 bits per heavy atom. The Balaban J connectivity index is 2.22. The van der Waals surface area contributed by atoms with Crippen LogP contribution in [0.5, 0.6) is 0 Å². The van der Waals surface area contributed by atoms with Gasteiger partial charge in [0.05, 0.1) is 12.2 Å². The number of rotatable bonds is 4. The second kappa shape index (κ2) is 5.15. The summed E-state index contributed by atoms with van der Waals surface area (Å²) >= 11 is 0. The fourth-order valence-electron chi connectivity index (χ4n) is 2.12. The van der Waals surface area contributed by atoms with E-state index in [0.717, 1.165) is 22.7 Å². The number of amides is 1. The van der Waals surface area contributed by atoms with E-state index in [0.29, 0.717) is 6.54 Å². The normalized spacial score (nSPS) is 14.9. The molecule has 0 saturated heterocycles. The number of carboxylic acids is 1. The Kier molecular flexibility index (Phi) is 3.57. The summed E-state index contributed by atoms with van der Waals surface area (Å²) in [6.45, 7) is 0.219. The Morgan fingerprint density at radius 2 is 2.05 bits per heavy atom. The van der Waals surface area contributed by atoms with Gasteiger partial charge in [0.25, 0.3) is 0 Å². The summed E-state index contributed by atoms with van der Waals surface area (Å²) in [5.74, 6) is -1.22. The molecule has 0 radical (unpaired) electrons. The van der Waals surface area contributed by atoms with Gasteiger partial charge < -0.3 is 15.9 Å². The lowest BCUT2D eigenvalue weighted by molar-refractivity contribution is -0.138. The van der Waals surface area contributed by atoms with Crippen molar-refractivity contribution in [1.82, 2.24) is 5.01 Å². The first-order chi connectivity index (χ1) is 9.00. The first kappa shape index (κ1) is 13.2. The van der Waals surface area contributed by atoms with E-state index in [9.17, 15) is 14.7 Å². The predicted octanol–water partition coefficient (Wildman–Crippen LogP) is 0.356. The van der Waals surface area contributed by atoms with Gasteiger partial charge in [0.1, 0.15) is 6.04 Å². The van der Waals surface area contributed by atoms with Gasteiger partial charge in [0.15, 0.2) is 0 Å². The number of benzene rings is 1. The van der Waals surface area contributed by atoms with Crippen molar-refractivity contribution in [3.8, 4) is 0 Å². The summed E-state index contributed by atoms with van der Waals surface area (Å²) in [5, 5.41) is 20.5. The molecule has 1 heterocycles. The van der Waals surface area contributed by atoms with E-state index in [4.69, 9.17) is 10.8 Å². The van der Waals surface area contributed by atoms with Gasteiger partial charge in [0.2, 0.25) is 0 Å². The second-order valence-corrected chi connectivity index (χ2v) is 4.31. The van der Waals surface area contributed by atoms with Crippen LogP contribution in [0, 0.1) is 0 Å². The fourth-order valence-corrected chi connectivity index (χ4v) is 2.12. The SMILES string of the molecule is NC(CN(C(=O)O)N1CCc2ccccc21)C(=O)O. The molecule has 2 rings (SSSR count). The Labute approximate surface area is 109 Å². The van der Waals surface area contributed by atoms with Gasteiger partial charge in [-0.2, -0.15) is 0 Å². The molecule has 0 aromatic heterocycles. The number of fused-ring (bicyclic) bond motifs is 1. The molecule has 4 N–H and O–H groups in total. The summed E-state index contributed by atoms with van der Waals surface area (Å²) in [6, 6.07) is 6.19. The number of nitrogens with two attached hydrogens (primary N) is 1. The maximum Gasteiger partial charge on any atom is 0.426 e. The topological polar surface area (TPSA) is 107 Å². The molecule has 0 bridgehead atoms. The molecule has 0 spiro atoms. The predicted molar refractivity (Wildman–Crippen MR) is 67.8 cm³/mol. The van der Waals surface area contributed by atoms with Crippen molar-refractivity contribution >= 4 is 17.7 Å². The van der Waals surface area contributed by atoms with Gasteiger partial charge in [-0.1, -0.05) is 18.2 Å². The molecule has 0 fully saturated rings. The molecule has 7 nitrogen and oxygen atoms in total. The van der Waals surface area contributed by atoms with Crippen LogP contribution < -0.4 is 10.7 Å². The van der Waals surface area contributed by atoms with Crippen molar-refractivity contribution in [3.63, 3.8) is 0 Å². The molecule has 19 heavy (non-hydrogen) atoms. The average molecular weight is 265 g/mol. The highest BCUT2D eigenvalue weighted by Gasteiger charge is 2.30. The largest absolute Gasteiger partial charge is 0.480 e. The molecule has 7 heteroatoms. The van der Waals surface area contributed by atoms with Crippen LogP contribution in [0.15, 0.2) is 24.3 Å². The molecular formula is C12H15N3O4. The van der Waals surface area contributed by atoms with Gasteiger partial charge in [-0.25, -0.2) is 9.80 Å². The second-order valence-electron chi connectivity index (χ2n) is 4.31. The smallest absolute Gasteiger partial charge is 0.426 e. The maximum atomic E-state index is 11.3. The van der Waals surface area contributed by atoms with Gasteiger partial charge in [-0.05, 0) is 18.1 Å². The summed E-state index contributed by atoms with van der Waals surface area (Å²) in [4.78, 5) is 22.0. The number of carboxylic acid groups (broad SMARTS) is 2. The Morgan fingerprint density at radius 3 is 2.68 bits per heavy atom. The zero-order valence-corrected chi connectivity index (χ0v) is 10.2. The van der Waals surface area contributed by atoms with Crippen molar-refractivity contribution in [2.45, 2.75) is 12.5 Å². The molecule has 0 saturated carbocycles. The number of para-hydroxylation sites is 1. The van der Waals surface area contributed by atoms with Crippen LogP contribution in [0.1, 0.15) is 5.56 Å². The zero-order chi connectivity index (χ0) is 14.0. The molecule has 0 aliphatic carbocycles. The van der Waals surface area contributed by atoms with E-state index in [1.54, 1.807) is 5.01 Å². The monoisotopic (exact) mass is 265 g/mol. The van der Waals surface area contributed by atoms with Crippen LogP contribution in [0.3, 0.4) is 0 Å². The minimum Gasteiger partial charge on any atom is -0.480 e. The molecule has 1 unspecified atom stereocenters. The van der Waals surface area contributed by atoms with Crippen LogP contribution in [0.2, 0.25) is 0 Å². The third-order valence-electron chi connectivity index (χ3n) is 3.06. The van der Waals surface area contributed by atoms with E-state index in [1.165, 1.54) is 0 Å². The summed E-state index contributed by atoms with van der Waals surface area (Å²) in [7, 11) is 0. The molecule has 1 aromatic rings. The van der Waals surface area contributed by atoms with Crippen molar-refractivity contribution in [2.24, 2.45) is 5.73 Å². The number of hydrogen-bond donors (Lipinski definition) is 3. The maximum absolute atomic E-state index is 11.3. The standard InChI is InChI=1S/C12H15N3O4/c13-9(11(16)17)7-15(12(18)19)14-6-5-8-3-1-2-4-10(8)14/h1-4,9H,5-7,13H2,(H,16,17)(H,18,19). The zero-order valence-electron chi connectivity index (χ0n) is 10.2. The molecular weight excluding hydrogens is 250 g/mol. The molecule has 1 atom stereocenters. The van der Waals surface area contributed by atoms with E-state index < -0.39 is 18.1 Å². The van der Waals surface area contributed by atoms with Gasteiger partial charge in [0, 0.05) is 6.54 Å². The molecule has 102 valence electrons. The van der Waals surface area contributed by atoms with Crippen LogP contribution in [-0.4, -0.2) is 46.4 Å². The van der Waals surface area contributed by atoms with E-state index in [2.05, 4.69) is 0 Å². The number of anilines is 1. The van der Waals surface area contributed by atoms with Crippen molar-refractivity contribution in [1.29, 1.82) is 0 Å². The highest BCUT2D eigenvalue weighted by atomic mass is 16.4. The highest BCUT2D eigenvalue weighted by molar-refractivity contribution is 5.76. The number of nitrogens with zero attached hydrogens (tertiary/aromatic N) is 2. The first-order valence-corrected chi connectivity index (χ1v) is 5.85. The van der Waals surface area contributed by atoms with Crippen LogP contribution in [-0.2, 0) is 11.2 Å². The van der Waals surface area contributed by atoms with Crippen LogP contribution >= 0.6 is 0 Å².